The lowest BCUT2D eigenvalue weighted by molar-refractivity contribution is 0.202. The summed E-state index contributed by atoms with van der Waals surface area (Å²) in [5.74, 6) is 0.965. The Kier molecular flexibility index (Phi) is 6.48. The van der Waals surface area contributed by atoms with Crippen molar-refractivity contribution in [2.75, 3.05) is 7.11 Å². The molecular formula is C29H27FN4O3. The molecule has 1 atom stereocenters. The molecule has 8 heteroatoms. The van der Waals surface area contributed by atoms with E-state index in [1.54, 1.807) is 24.1 Å². The van der Waals surface area contributed by atoms with Gasteiger partial charge in [0.2, 0.25) is 5.82 Å². The lowest BCUT2D eigenvalue weighted by atomic mass is 9.92. The minimum absolute atomic E-state index is 0.242. The van der Waals surface area contributed by atoms with Gasteiger partial charge in [-0.15, -0.1) is 0 Å². The number of allylic oxidation sites excluding steroid dienone is 1. The molecule has 2 amide bonds. The zero-order valence-electron chi connectivity index (χ0n) is 21.1. The van der Waals surface area contributed by atoms with E-state index in [-0.39, 0.29) is 17.7 Å². The standard InChI is InChI=1S/C29H27FN4O3/c1-17-9-10-21(15-18(17)2)26-25(28-32-27(33-37-28)20-11-13-23(30)14-12-20)19(3)34(29(35)31-26)16-22-7-5-6-8-24(22)36-4/h5-15,26H,16H2,1-4H3,(H,31,35). The van der Waals surface area contributed by atoms with Crippen LogP contribution in [0, 0.1) is 19.7 Å². The van der Waals surface area contributed by atoms with Gasteiger partial charge in [0.05, 0.1) is 25.3 Å². The number of rotatable bonds is 6. The molecule has 0 aliphatic carbocycles. The number of carbonyl (C=O) groups excluding carboxylic acids is 1. The van der Waals surface area contributed by atoms with Gasteiger partial charge in [-0.1, -0.05) is 41.6 Å². The second-order valence-corrected chi connectivity index (χ2v) is 9.05. The fraction of sp³-hybridized carbons (Fsp3) is 0.207. The van der Waals surface area contributed by atoms with Gasteiger partial charge < -0.3 is 14.6 Å². The van der Waals surface area contributed by atoms with Crippen LogP contribution in [0.2, 0.25) is 0 Å². The summed E-state index contributed by atoms with van der Waals surface area (Å²) in [6.45, 7) is 6.25. The van der Waals surface area contributed by atoms with Crippen LogP contribution in [-0.2, 0) is 6.54 Å². The van der Waals surface area contributed by atoms with Crippen LogP contribution in [0.15, 0.2) is 77.0 Å². The Balaban J connectivity index is 1.61. The van der Waals surface area contributed by atoms with Crippen LogP contribution in [0.1, 0.15) is 41.1 Å². The molecule has 37 heavy (non-hydrogen) atoms. The number of aryl methyl sites for hydroxylation is 2. The van der Waals surface area contributed by atoms with Crippen molar-refractivity contribution >= 4 is 11.6 Å². The fourth-order valence-electron chi connectivity index (χ4n) is 4.50. The van der Waals surface area contributed by atoms with Crippen molar-refractivity contribution in [2.24, 2.45) is 0 Å². The number of amides is 2. The number of hydrogen-bond acceptors (Lipinski definition) is 5. The average Bonchev–Trinajstić information content (AvgIpc) is 3.38. The average molecular weight is 499 g/mol. The summed E-state index contributed by atoms with van der Waals surface area (Å²) in [6.07, 6.45) is 0. The second-order valence-electron chi connectivity index (χ2n) is 9.05. The van der Waals surface area contributed by atoms with E-state index in [2.05, 4.69) is 21.5 Å². The van der Waals surface area contributed by atoms with Gasteiger partial charge in [-0.3, -0.25) is 4.90 Å². The van der Waals surface area contributed by atoms with Gasteiger partial charge in [0, 0.05) is 16.8 Å². The Labute approximate surface area is 214 Å². The van der Waals surface area contributed by atoms with Crippen LogP contribution in [0.5, 0.6) is 5.75 Å². The number of para-hydroxylation sites is 1. The summed E-state index contributed by atoms with van der Waals surface area (Å²) in [5.41, 5.74) is 6.04. The first-order chi connectivity index (χ1) is 17.9. The lowest BCUT2D eigenvalue weighted by Crippen LogP contribution is -2.45. The van der Waals surface area contributed by atoms with Crippen LogP contribution in [0.4, 0.5) is 9.18 Å². The molecule has 0 saturated heterocycles. The molecule has 0 bridgehead atoms. The third-order valence-corrected chi connectivity index (χ3v) is 6.74. The molecule has 0 radical (unpaired) electrons. The van der Waals surface area contributed by atoms with E-state index >= 15 is 0 Å². The van der Waals surface area contributed by atoms with E-state index in [0.29, 0.717) is 35.0 Å². The first-order valence-electron chi connectivity index (χ1n) is 11.9. The highest BCUT2D eigenvalue weighted by Gasteiger charge is 2.36. The van der Waals surface area contributed by atoms with Crippen LogP contribution in [-0.4, -0.2) is 28.2 Å². The Morgan fingerprint density at radius 3 is 2.51 bits per heavy atom. The monoisotopic (exact) mass is 498 g/mol. The maximum atomic E-state index is 13.4. The molecule has 4 aromatic rings. The second kappa shape index (κ2) is 9.89. The molecule has 1 aliphatic heterocycles. The molecule has 7 nitrogen and oxygen atoms in total. The highest BCUT2D eigenvalue weighted by molar-refractivity contribution is 5.87. The van der Waals surface area contributed by atoms with Gasteiger partial charge in [-0.05, 0) is 67.8 Å². The molecule has 0 saturated carbocycles. The third-order valence-electron chi connectivity index (χ3n) is 6.74. The number of methoxy groups -OCH3 is 1. The molecule has 3 aromatic carbocycles. The SMILES string of the molecule is COc1ccccc1CN1C(=O)NC(c2ccc(C)c(C)c2)C(c2nc(-c3ccc(F)cc3)no2)=C1C. The quantitative estimate of drug-likeness (QED) is 0.342. The van der Waals surface area contributed by atoms with Crippen molar-refractivity contribution in [3.8, 4) is 17.1 Å². The number of hydrogen-bond donors (Lipinski definition) is 1. The van der Waals surface area contributed by atoms with Gasteiger partial charge >= 0.3 is 6.03 Å². The largest absolute Gasteiger partial charge is 0.496 e. The zero-order valence-corrected chi connectivity index (χ0v) is 21.1. The van der Waals surface area contributed by atoms with Gasteiger partial charge in [0.1, 0.15) is 11.6 Å². The Hall–Kier alpha value is -4.46. The lowest BCUT2D eigenvalue weighted by Gasteiger charge is -2.35. The Morgan fingerprint density at radius 1 is 1.03 bits per heavy atom. The highest BCUT2D eigenvalue weighted by atomic mass is 19.1. The van der Waals surface area contributed by atoms with Crippen LogP contribution >= 0.6 is 0 Å². The fourth-order valence-corrected chi connectivity index (χ4v) is 4.50. The number of urea groups is 1. The Morgan fingerprint density at radius 2 is 1.78 bits per heavy atom. The van der Waals surface area contributed by atoms with Crippen molar-refractivity contribution in [1.29, 1.82) is 0 Å². The number of nitrogens with zero attached hydrogens (tertiary/aromatic N) is 3. The topological polar surface area (TPSA) is 80.5 Å². The molecule has 188 valence electrons. The number of ether oxygens (including phenoxy) is 1. The first kappa shape index (κ1) is 24.2. The molecule has 2 heterocycles. The van der Waals surface area contributed by atoms with Gasteiger partial charge in [0.25, 0.3) is 5.89 Å². The van der Waals surface area contributed by atoms with E-state index in [0.717, 1.165) is 22.3 Å². The summed E-state index contributed by atoms with van der Waals surface area (Å²) in [4.78, 5) is 19.7. The van der Waals surface area contributed by atoms with E-state index in [4.69, 9.17) is 9.26 Å². The number of aromatic nitrogens is 2. The van der Waals surface area contributed by atoms with Crippen LogP contribution < -0.4 is 10.1 Å². The molecule has 5 rings (SSSR count). The molecule has 1 aromatic heterocycles. The smallest absolute Gasteiger partial charge is 0.322 e. The predicted molar refractivity (Wildman–Crippen MR) is 138 cm³/mol. The minimum Gasteiger partial charge on any atom is -0.496 e. The van der Waals surface area contributed by atoms with E-state index in [1.165, 1.54) is 12.1 Å². The highest BCUT2D eigenvalue weighted by Crippen LogP contribution is 2.38. The minimum atomic E-state index is -0.498. The van der Waals surface area contributed by atoms with Crippen molar-refractivity contribution < 1.29 is 18.4 Å². The first-order valence-corrected chi connectivity index (χ1v) is 11.9. The predicted octanol–water partition coefficient (Wildman–Crippen LogP) is 6.20. The van der Waals surface area contributed by atoms with E-state index < -0.39 is 6.04 Å². The number of carbonyl (C=O) groups is 1. The van der Waals surface area contributed by atoms with Crippen molar-refractivity contribution in [2.45, 2.75) is 33.4 Å². The maximum Gasteiger partial charge on any atom is 0.322 e. The molecule has 1 N–H and O–H groups in total. The van der Waals surface area contributed by atoms with Crippen molar-refractivity contribution in [3.05, 3.63) is 106 Å². The van der Waals surface area contributed by atoms with Crippen LogP contribution in [0.25, 0.3) is 17.0 Å². The normalized spacial score (nSPS) is 15.6. The summed E-state index contributed by atoms with van der Waals surface area (Å²) in [6, 6.07) is 18.8. The number of halogens is 1. The molecule has 0 fully saturated rings. The summed E-state index contributed by atoms with van der Waals surface area (Å²) in [5, 5.41) is 7.28. The van der Waals surface area contributed by atoms with Crippen molar-refractivity contribution in [3.63, 3.8) is 0 Å². The number of nitrogens with one attached hydrogen (secondary N) is 1. The molecule has 1 unspecified atom stereocenters. The van der Waals surface area contributed by atoms with Gasteiger partial charge in [-0.25, -0.2) is 9.18 Å². The summed E-state index contributed by atoms with van der Waals surface area (Å²) < 4.78 is 24.7. The summed E-state index contributed by atoms with van der Waals surface area (Å²) >= 11 is 0. The molecule has 1 aliphatic rings. The molecule has 0 spiro atoms. The number of benzene rings is 3. The summed E-state index contributed by atoms with van der Waals surface area (Å²) in [7, 11) is 1.61. The van der Waals surface area contributed by atoms with E-state index in [1.807, 2.05) is 57.2 Å². The maximum absolute atomic E-state index is 13.4. The molecular weight excluding hydrogens is 471 g/mol. The van der Waals surface area contributed by atoms with Crippen molar-refractivity contribution in [1.82, 2.24) is 20.4 Å². The van der Waals surface area contributed by atoms with Gasteiger partial charge in [-0.2, -0.15) is 4.98 Å². The zero-order chi connectivity index (χ0) is 26.1. The Bertz CT molecular complexity index is 1490. The van der Waals surface area contributed by atoms with Crippen LogP contribution in [0.3, 0.4) is 0 Å². The van der Waals surface area contributed by atoms with Gasteiger partial charge in [0.15, 0.2) is 0 Å². The third kappa shape index (κ3) is 4.70. The van der Waals surface area contributed by atoms with E-state index in [9.17, 15) is 9.18 Å².